The summed E-state index contributed by atoms with van der Waals surface area (Å²) in [4.78, 5) is 57.1. The van der Waals surface area contributed by atoms with Crippen LogP contribution in [0.5, 0.6) is 0 Å². The van der Waals surface area contributed by atoms with E-state index in [0.29, 0.717) is 32.7 Å². The van der Waals surface area contributed by atoms with E-state index in [1.807, 2.05) is 30.3 Å². The number of primary amides is 1. The highest BCUT2D eigenvalue weighted by Gasteiger charge is 2.44. The van der Waals surface area contributed by atoms with Crippen molar-refractivity contribution in [3.63, 3.8) is 0 Å². The molecule has 0 radical (unpaired) electrons. The topological polar surface area (TPSA) is 152 Å². The minimum atomic E-state index is -1.70. The number of thioether (sulfide) groups is 1. The molecule has 2 aliphatic rings. The van der Waals surface area contributed by atoms with Crippen LogP contribution in [-0.2, 0) is 30.3 Å². The highest BCUT2D eigenvalue weighted by molar-refractivity contribution is 7.98. The first-order chi connectivity index (χ1) is 20.6. The van der Waals surface area contributed by atoms with Crippen LogP contribution in [0.3, 0.4) is 0 Å². The zero-order chi connectivity index (χ0) is 31.4. The number of rotatable bonds is 14. The molecule has 2 unspecified atom stereocenters. The number of aliphatic hydroxyl groups excluding tert-OH is 1. The number of hydrogen-bond donors (Lipinski definition) is 3. The number of amides is 4. The smallest absolute Gasteiger partial charge is 0.337 e. The van der Waals surface area contributed by atoms with Crippen LogP contribution < -0.4 is 11.1 Å². The first-order valence-corrected chi connectivity index (χ1v) is 16.7. The zero-order valence-electron chi connectivity index (χ0n) is 25.6. The summed E-state index contributed by atoms with van der Waals surface area (Å²) in [7, 11) is 0. The molecule has 3 rings (SSSR count). The number of morpholine rings is 1. The average Bonchev–Trinajstić information content (AvgIpc) is 3.00. The minimum Gasteiger partial charge on any atom is -0.461 e. The molecule has 11 nitrogen and oxygen atoms in total. The third kappa shape index (κ3) is 10.4. The van der Waals surface area contributed by atoms with Gasteiger partial charge >= 0.3 is 12.0 Å². The third-order valence-corrected chi connectivity index (χ3v) is 8.68. The van der Waals surface area contributed by atoms with E-state index in [1.54, 1.807) is 25.0 Å². The predicted molar refractivity (Wildman–Crippen MR) is 165 cm³/mol. The van der Waals surface area contributed by atoms with E-state index < -0.39 is 54.1 Å². The summed E-state index contributed by atoms with van der Waals surface area (Å²) in [6.07, 6.45) is 4.92. The summed E-state index contributed by atoms with van der Waals surface area (Å²) < 4.78 is 10.8. The molecule has 1 aromatic carbocycles. The SMILES string of the molecule is CSC[C@@H](C(N)=O)N(C(=O)[C@H](Cc1ccccc1)NC(=O)N1CCOCC1)C(CC1CCCCC1)C(O)C(=O)OC(C)C. The second-order valence-corrected chi connectivity index (χ2v) is 12.6. The van der Waals surface area contributed by atoms with Crippen molar-refractivity contribution in [3.05, 3.63) is 35.9 Å². The maximum Gasteiger partial charge on any atom is 0.337 e. The zero-order valence-corrected chi connectivity index (χ0v) is 26.4. The Kier molecular flexibility index (Phi) is 14.1. The lowest BCUT2D eigenvalue weighted by Crippen LogP contribution is -2.64. The van der Waals surface area contributed by atoms with Crippen LogP contribution in [0.15, 0.2) is 30.3 Å². The molecule has 1 saturated heterocycles. The molecular weight excluding hydrogens is 572 g/mol. The highest BCUT2D eigenvalue weighted by atomic mass is 32.2. The number of hydrogen-bond acceptors (Lipinski definition) is 8. The molecular formula is C31H48N4O7S. The summed E-state index contributed by atoms with van der Waals surface area (Å²) in [6, 6.07) is 5.52. The van der Waals surface area contributed by atoms with Gasteiger partial charge in [0.05, 0.1) is 25.4 Å². The van der Waals surface area contributed by atoms with Gasteiger partial charge in [0, 0.05) is 25.3 Å². The molecule has 0 bridgehead atoms. The molecule has 1 saturated carbocycles. The molecule has 1 aliphatic carbocycles. The fourth-order valence-electron chi connectivity index (χ4n) is 5.86. The third-order valence-electron chi connectivity index (χ3n) is 8.03. The normalized spacial score (nSPS) is 18.8. The van der Waals surface area contributed by atoms with E-state index in [-0.39, 0.29) is 18.1 Å². The van der Waals surface area contributed by atoms with Gasteiger partial charge in [0.15, 0.2) is 6.10 Å². The maximum absolute atomic E-state index is 14.7. The van der Waals surface area contributed by atoms with Crippen molar-refractivity contribution in [2.75, 3.05) is 38.3 Å². The monoisotopic (exact) mass is 620 g/mol. The first-order valence-electron chi connectivity index (χ1n) is 15.3. The van der Waals surface area contributed by atoms with E-state index in [9.17, 15) is 24.3 Å². The van der Waals surface area contributed by atoms with Crippen LogP contribution in [-0.4, -0.2) is 107 Å². The Morgan fingerprint density at radius 1 is 1.12 bits per heavy atom. The van der Waals surface area contributed by atoms with E-state index in [2.05, 4.69) is 5.32 Å². The number of carbonyl (C=O) groups excluding carboxylic acids is 4. The van der Waals surface area contributed by atoms with Crippen molar-refractivity contribution in [2.45, 2.75) is 89.1 Å². The van der Waals surface area contributed by atoms with Crippen LogP contribution in [0.1, 0.15) is 57.9 Å². The van der Waals surface area contributed by atoms with Gasteiger partial charge in [0.2, 0.25) is 11.8 Å². The number of carbonyl (C=O) groups is 4. The van der Waals surface area contributed by atoms with Crippen LogP contribution >= 0.6 is 11.8 Å². The number of urea groups is 1. The number of esters is 1. The maximum atomic E-state index is 14.7. The summed E-state index contributed by atoms with van der Waals surface area (Å²) >= 11 is 1.33. The number of aliphatic hydroxyl groups is 1. The van der Waals surface area contributed by atoms with Gasteiger partial charge in [-0.25, -0.2) is 9.59 Å². The molecule has 4 N–H and O–H groups in total. The minimum absolute atomic E-state index is 0.133. The van der Waals surface area contributed by atoms with Crippen molar-refractivity contribution < 1.29 is 33.8 Å². The van der Waals surface area contributed by atoms with Gasteiger partial charge in [-0.15, -0.1) is 0 Å². The largest absolute Gasteiger partial charge is 0.461 e. The van der Waals surface area contributed by atoms with Crippen LogP contribution in [0, 0.1) is 5.92 Å². The fraction of sp³-hybridized carbons (Fsp3) is 0.677. The van der Waals surface area contributed by atoms with Crippen molar-refractivity contribution in [2.24, 2.45) is 11.7 Å². The van der Waals surface area contributed by atoms with Gasteiger partial charge in [-0.05, 0) is 38.0 Å². The number of nitrogens with zero attached hydrogens (tertiary/aromatic N) is 2. The number of nitrogens with one attached hydrogen (secondary N) is 1. The van der Waals surface area contributed by atoms with Gasteiger partial charge in [0.25, 0.3) is 0 Å². The molecule has 240 valence electrons. The Bertz CT molecular complexity index is 1050. The summed E-state index contributed by atoms with van der Waals surface area (Å²) in [5, 5.41) is 14.4. The lowest BCUT2D eigenvalue weighted by Gasteiger charge is -2.42. The average molecular weight is 621 g/mol. The van der Waals surface area contributed by atoms with Gasteiger partial charge in [-0.2, -0.15) is 11.8 Å². The molecule has 4 amide bonds. The van der Waals surface area contributed by atoms with E-state index in [4.69, 9.17) is 15.2 Å². The van der Waals surface area contributed by atoms with Crippen molar-refractivity contribution in [3.8, 4) is 0 Å². The lowest BCUT2D eigenvalue weighted by atomic mass is 9.82. The standard InChI is InChI=1S/C31H48N4O7S/c1-21(2)42-30(39)27(36)25(19-23-12-8-5-9-13-23)35(26(20-43-3)28(32)37)29(38)24(18-22-10-6-4-7-11-22)33-31(40)34-14-16-41-17-15-34/h4,6-7,10-11,21,23-27,36H,5,8-9,12-20H2,1-3H3,(H2,32,37)(H,33,40)/t24-,25?,26-,27?/m0/s1. The van der Waals surface area contributed by atoms with Gasteiger partial charge < -0.3 is 35.4 Å². The predicted octanol–water partition coefficient (Wildman–Crippen LogP) is 2.34. The summed E-state index contributed by atoms with van der Waals surface area (Å²) in [6.45, 7) is 4.90. The second kappa shape index (κ2) is 17.5. The van der Waals surface area contributed by atoms with Gasteiger partial charge in [-0.3, -0.25) is 9.59 Å². The summed E-state index contributed by atoms with van der Waals surface area (Å²) in [5.74, 6) is -1.91. The molecule has 0 aromatic heterocycles. The van der Waals surface area contributed by atoms with E-state index in [1.165, 1.54) is 16.7 Å². The molecule has 0 spiro atoms. The number of nitrogens with two attached hydrogens (primary N) is 1. The summed E-state index contributed by atoms with van der Waals surface area (Å²) in [5.41, 5.74) is 6.71. The Morgan fingerprint density at radius 3 is 2.35 bits per heavy atom. The van der Waals surface area contributed by atoms with Crippen molar-refractivity contribution in [1.29, 1.82) is 0 Å². The fourth-order valence-corrected chi connectivity index (χ4v) is 6.50. The van der Waals surface area contributed by atoms with Crippen molar-refractivity contribution >= 4 is 35.6 Å². The van der Waals surface area contributed by atoms with Gasteiger partial charge in [0.1, 0.15) is 12.1 Å². The molecule has 43 heavy (non-hydrogen) atoms. The molecule has 12 heteroatoms. The highest BCUT2D eigenvalue weighted by Crippen LogP contribution is 2.31. The number of ether oxygens (including phenoxy) is 2. The molecule has 1 aliphatic heterocycles. The molecule has 1 aromatic rings. The first kappa shape index (κ1) is 34.7. The Balaban J connectivity index is 2.06. The number of benzene rings is 1. The van der Waals surface area contributed by atoms with E-state index >= 15 is 0 Å². The molecule has 1 heterocycles. The Hall–Kier alpha value is -2.83. The quantitative estimate of drug-likeness (QED) is 0.268. The van der Waals surface area contributed by atoms with E-state index in [0.717, 1.165) is 37.7 Å². The second-order valence-electron chi connectivity index (χ2n) is 11.6. The Labute approximate surface area is 259 Å². The van der Waals surface area contributed by atoms with Gasteiger partial charge in [-0.1, -0.05) is 62.4 Å². The Morgan fingerprint density at radius 2 is 1.77 bits per heavy atom. The van der Waals surface area contributed by atoms with Crippen LogP contribution in [0.2, 0.25) is 0 Å². The van der Waals surface area contributed by atoms with Crippen LogP contribution in [0.4, 0.5) is 4.79 Å². The molecule has 4 atom stereocenters. The van der Waals surface area contributed by atoms with Crippen LogP contribution in [0.25, 0.3) is 0 Å². The lowest BCUT2D eigenvalue weighted by molar-refractivity contribution is -0.166. The van der Waals surface area contributed by atoms with Crippen molar-refractivity contribution in [1.82, 2.24) is 15.1 Å². The molecule has 2 fully saturated rings.